The van der Waals surface area contributed by atoms with Crippen molar-refractivity contribution in [3.8, 4) is 17.0 Å². The topological polar surface area (TPSA) is 64.3 Å². The number of piperidine rings is 1. The monoisotopic (exact) mass is 442 g/mol. The molecule has 3 heterocycles. The van der Waals surface area contributed by atoms with E-state index in [2.05, 4.69) is 33.9 Å². The summed E-state index contributed by atoms with van der Waals surface area (Å²) in [5.74, 6) is 1.90. The molecule has 0 N–H and O–H groups in total. The fraction of sp³-hybridized carbons (Fsp3) is 0.435. The second-order valence-electron chi connectivity index (χ2n) is 8.06. The minimum Gasteiger partial charge on any atom is -0.492 e. The molecule has 164 valence electrons. The number of rotatable bonds is 7. The number of pyridine rings is 1. The molecule has 6 nitrogen and oxygen atoms in total. The third kappa shape index (κ3) is 5.18. The molecule has 0 radical (unpaired) electrons. The van der Waals surface area contributed by atoms with E-state index in [9.17, 15) is 4.39 Å². The van der Waals surface area contributed by atoms with E-state index in [4.69, 9.17) is 9.26 Å². The number of anilines is 1. The van der Waals surface area contributed by atoms with Crippen molar-refractivity contribution in [1.29, 1.82) is 0 Å². The van der Waals surface area contributed by atoms with E-state index in [1.165, 1.54) is 17.8 Å². The number of aromatic nitrogens is 3. The van der Waals surface area contributed by atoms with Crippen molar-refractivity contribution >= 4 is 17.8 Å². The number of benzene rings is 1. The Balaban J connectivity index is 1.28. The Morgan fingerprint density at radius 2 is 2.03 bits per heavy atom. The number of hydrogen-bond acceptors (Lipinski definition) is 7. The lowest BCUT2D eigenvalue weighted by molar-refractivity contribution is 0.219. The highest BCUT2D eigenvalue weighted by Crippen LogP contribution is 2.27. The Bertz CT molecular complexity index is 1000. The fourth-order valence-corrected chi connectivity index (χ4v) is 3.98. The van der Waals surface area contributed by atoms with Crippen molar-refractivity contribution in [2.75, 3.05) is 30.9 Å². The van der Waals surface area contributed by atoms with Crippen LogP contribution in [0.1, 0.15) is 38.4 Å². The lowest BCUT2D eigenvalue weighted by atomic mass is 9.98. The Hall–Kier alpha value is -2.61. The zero-order chi connectivity index (χ0) is 21.8. The maximum atomic E-state index is 14.3. The first-order valence-corrected chi connectivity index (χ1v) is 11.8. The second kappa shape index (κ2) is 9.68. The smallest absolute Gasteiger partial charge is 0.324 e. The molecule has 8 heteroatoms. The lowest BCUT2D eigenvalue weighted by Crippen LogP contribution is -2.35. The zero-order valence-corrected chi connectivity index (χ0v) is 18.9. The van der Waals surface area contributed by atoms with Crippen LogP contribution >= 0.6 is 11.8 Å². The van der Waals surface area contributed by atoms with Gasteiger partial charge in [-0.25, -0.2) is 4.39 Å². The molecule has 0 atom stereocenters. The van der Waals surface area contributed by atoms with Gasteiger partial charge in [0.25, 0.3) is 0 Å². The first kappa shape index (κ1) is 21.6. The highest BCUT2D eigenvalue weighted by atomic mass is 32.2. The minimum absolute atomic E-state index is 0.259. The van der Waals surface area contributed by atoms with E-state index < -0.39 is 0 Å². The lowest BCUT2D eigenvalue weighted by Gasteiger charge is -2.30. The normalized spacial score (nSPS) is 14.9. The first-order chi connectivity index (χ1) is 15.0. The van der Waals surface area contributed by atoms with Gasteiger partial charge in [0.15, 0.2) is 5.82 Å². The fourth-order valence-electron chi connectivity index (χ4n) is 3.55. The molecule has 0 bridgehead atoms. The number of thioether (sulfide) groups is 1. The molecule has 1 aliphatic heterocycles. The molecule has 3 aromatic rings. The summed E-state index contributed by atoms with van der Waals surface area (Å²) in [5.41, 5.74) is 1.10. The van der Waals surface area contributed by atoms with Crippen molar-refractivity contribution in [2.45, 2.75) is 37.5 Å². The molecule has 1 fully saturated rings. The highest BCUT2D eigenvalue weighted by molar-refractivity contribution is 7.98. The third-order valence-corrected chi connectivity index (χ3v) is 6.23. The molecule has 31 heavy (non-hydrogen) atoms. The van der Waals surface area contributed by atoms with Crippen molar-refractivity contribution in [2.24, 2.45) is 5.92 Å². The van der Waals surface area contributed by atoms with Crippen molar-refractivity contribution in [1.82, 2.24) is 15.1 Å². The molecule has 1 saturated heterocycles. The number of ether oxygens (including phenoxy) is 1. The van der Waals surface area contributed by atoms with Crippen molar-refractivity contribution in [3.05, 3.63) is 48.2 Å². The van der Waals surface area contributed by atoms with Gasteiger partial charge in [-0.3, -0.25) is 4.98 Å². The van der Waals surface area contributed by atoms with Gasteiger partial charge >= 0.3 is 6.01 Å². The van der Waals surface area contributed by atoms with Crippen LogP contribution in [0.4, 0.5) is 10.4 Å². The van der Waals surface area contributed by atoms with Crippen LogP contribution < -0.4 is 9.64 Å². The first-order valence-electron chi connectivity index (χ1n) is 10.5. The van der Waals surface area contributed by atoms with Crippen molar-refractivity contribution in [3.63, 3.8) is 0 Å². The maximum Gasteiger partial charge on any atom is 0.324 e. The zero-order valence-electron chi connectivity index (χ0n) is 18.0. The standard InChI is InChI=1S/C23H27FN4O2S/c1-15(2)22-26-23(30-27-22)28-10-8-16(9-11-28)14-29-17-4-7-21(25-13-17)19-6-5-18(31-3)12-20(19)24/h4-7,12-13,15-16H,8-11,14H2,1-3H3. The third-order valence-electron chi connectivity index (χ3n) is 5.51. The molecule has 1 aliphatic rings. The predicted molar refractivity (Wildman–Crippen MR) is 120 cm³/mol. The van der Waals surface area contributed by atoms with Gasteiger partial charge < -0.3 is 14.2 Å². The van der Waals surface area contributed by atoms with Gasteiger partial charge in [-0.15, -0.1) is 11.8 Å². The molecule has 0 amide bonds. The van der Waals surface area contributed by atoms with E-state index in [0.717, 1.165) is 36.7 Å². The quantitative estimate of drug-likeness (QED) is 0.453. The summed E-state index contributed by atoms with van der Waals surface area (Å²) in [7, 11) is 0. The molecule has 4 rings (SSSR count). The second-order valence-corrected chi connectivity index (χ2v) is 8.94. The molecule has 0 saturated carbocycles. The molecule has 0 aliphatic carbocycles. The number of nitrogens with zero attached hydrogens (tertiary/aromatic N) is 4. The Kier molecular flexibility index (Phi) is 6.75. The van der Waals surface area contributed by atoms with Gasteiger partial charge in [0.2, 0.25) is 0 Å². The number of hydrogen-bond donors (Lipinski definition) is 0. The van der Waals surface area contributed by atoms with E-state index in [-0.39, 0.29) is 11.7 Å². The SMILES string of the molecule is CSc1ccc(-c2ccc(OCC3CCN(c4nc(C(C)C)no4)CC3)cn2)c(F)c1. The molecule has 0 unspecified atom stereocenters. The summed E-state index contributed by atoms with van der Waals surface area (Å²) < 4.78 is 25.7. The van der Waals surface area contributed by atoms with E-state index in [1.54, 1.807) is 18.3 Å². The molecule has 2 aromatic heterocycles. The minimum atomic E-state index is -0.262. The predicted octanol–water partition coefficient (Wildman–Crippen LogP) is 5.41. The van der Waals surface area contributed by atoms with Gasteiger partial charge in [-0.05, 0) is 55.3 Å². The van der Waals surface area contributed by atoms with Crippen LogP contribution in [0.25, 0.3) is 11.3 Å². The van der Waals surface area contributed by atoms with Crippen LogP contribution in [0.3, 0.4) is 0 Å². The van der Waals surface area contributed by atoms with Crippen LogP contribution in [0.2, 0.25) is 0 Å². The molecule has 1 aromatic carbocycles. The highest BCUT2D eigenvalue weighted by Gasteiger charge is 2.24. The summed E-state index contributed by atoms with van der Waals surface area (Å²) in [6.45, 7) is 6.48. The molecular weight excluding hydrogens is 415 g/mol. The van der Waals surface area contributed by atoms with Crippen molar-refractivity contribution < 1.29 is 13.7 Å². The summed E-state index contributed by atoms with van der Waals surface area (Å²) in [5, 5.41) is 4.04. The maximum absolute atomic E-state index is 14.3. The Morgan fingerprint density at radius 3 is 2.65 bits per heavy atom. The number of halogens is 1. The van der Waals surface area contributed by atoms with Crippen LogP contribution in [0.15, 0.2) is 45.9 Å². The van der Waals surface area contributed by atoms with Crippen LogP contribution in [0, 0.1) is 11.7 Å². The van der Waals surface area contributed by atoms with E-state index >= 15 is 0 Å². The summed E-state index contributed by atoms with van der Waals surface area (Å²) in [6, 6.07) is 9.48. The van der Waals surface area contributed by atoms with E-state index in [1.807, 2.05) is 18.4 Å². The van der Waals surface area contributed by atoms with Gasteiger partial charge in [-0.2, -0.15) is 4.98 Å². The van der Waals surface area contributed by atoms with Gasteiger partial charge in [-0.1, -0.05) is 19.0 Å². The van der Waals surface area contributed by atoms with Crippen LogP contribution in [-0.4, -0.2) is 41.1 Å². The van der Waals surface area contributed by atoms with E-state index in [0.29, 0.717) is 35.5 Å². The van der Waals surface area contributed by atoms with Gasteiger partial charge in [0.1, 0.15) is 11.6 Å². The van der Waals surface area contributed by atoms with Crippen LogP contribution in [0.5, 0.6) is 5.75 Å². The van der Waals surface area contributed by atoms with Gasteiger partial charge in [0, 0.05) is 29.5 Å². The van der Waals surface area contributed by atoms with Gasteiger partial charge in [0.05, 0.1) is 18.5 Å². The average Bonchev–Trinajstić information content (AvgIpc) is 3.29. The van der Waals surface area contributed by atoms with Crippen LogP contribution in [-0.2, 0) is 0 Å². The summed E-state index contributed by atoms with van der Waals surface area (Å²) in [4.78, 5) is 11.9. The Labute approximate surface area is 186 Å². The summed E-state index contributed by atoms with van der Waals surface area (Å²) in [6.07, 6.45) is 5.59. The Morgan fingerprint density at radius 1 is 1.23 bits per heavy atom. The molecule has 0 spiro atoms. The summed E-state index contributed by atoms with van der Waals surface area (Å²) >= 11 is 1.52. The molecular formula is C23H27FN4O2S. The average molecular weight is 443 g/mol. The largest absolute Gasteiger partial charge is 0.492 e.